The van der Waals surface area contributed by atoms with Gasteiger partial charge in [-0.2, -0.15) is 0 Å². The lowest BCUT2D eigenvalue weighted by molar-refractivity contribution is -0.385. The van der Waals surface area contributed by atoms with Gasteiger partial charge in [0.1, 0.15) is 0 Å². The number of amides is 1. The Morgan fingerprint density at radius 3 is 2.52 bits per heavy atom. The third-order valence-electron chi connectivity index (χ3n) is 3.76. The molecule has 27 heavy (non-hydrogen) atoms. The predicted molar refractivity (Wildman–Crippen MR) is 102 cm³/mol. The van der Waals surface area contributed by atoms with E-state index in [4.69, 9.17) is 0 Å². The normalized spacial score (nSPS) is 11.2. The number of hydrogen-bond donors (Lipinski definition) is 2. The number of nitro benzene ring substituents is 1. The quantitative estimate of drug-likeness (QED) is 0.529. The fourth-order valence-electron chi connectivity index (χ4n) is 2.31. The number of carbonyl (C=O) groups is 1. The highest BCUT2D eigenvalue weighted by atomic mass is 32.2. The Labute approximate surface area is 157 Å². The molecule has 2 N–H and O–H groups in total. The first-order valence-corrected chi connectivity index (χ1v) is 9.83. The van der Waals surface area contributed by atoms with Crippen molar-refractivity contribution >= 4 is 27.3 Å². The molecule has 0 aliphatic rings. The van der Waals surface area contributed by atoms with E-state index in [1.165, 1.54) is 30.3 Å². The van der Waals surface area contributed by atoms with Gasteiger partial charge in [-0.15, -0.1) is 0 Å². The smallest absolute Gasteiger partial charge is 0.270 e. The van der Waals surface area contributed by atoms with Gasteiger partial charge >= 0.3 is 0 Å². The summed E-state index contributed by atoms with van der Waals surface area (Å²) in [4.78, 5) is 22.3. The van der Waals surface area contributed by atoms with Gasteiger partial charge in [0.25, 0.3) is 21.6 Å². The molecular weight excluding hydrogens is 370 g/mol. The lowest BCUT2D eigenvalue weighted by Crippen LogP contribution is -2.27. The van der Waals surface area contributed by atoms with E-state index >= 15 is 0 Å². The van der Waals surface area contributed by atoms with Gasteiger partial charge in [-0.3, -0.25) is 19.6 Å². The average molecular weight is 391 g/mol. The molecule has 2 aromatic rings. The number of nitro groups is 1. The van der Waals surface area contributed by atoms with Crippen LogP contribution >= 0.6 is 0 Å². The van der Waals surface area contributed by atoms with Crippen LogP contribution in [0.15, 0.2) is 53.4 Å². The van der Waals surface area contributed by atoms with E-state index in [2.05, 4.69) is 10.0 Å². The molecule has 0 atom stereocenters. The van der Waals surface area contributed by atoms with Gasteiger partial charge in [-0.25, -0.2) is 8.42 Å². The minimum Gasteiger partial charge on any atom is -0.352 e. The maximum atomic E-state index is 12.6. The maximum Gasteiger partial charge on any atom is 0.270 e. The van der Waals surface area contributed by atoms with Crippen LogP contribution in [-0.2, 0) is 10.0 Å². The first-order chi connectivity index (χ1) is 12.7. The molecule has 0 aliphatic carbocycles. The number of non-ortho nitro benzene ring substituents is 1. The predicted octanol–water partition coefficient (Wildman–Crippen LogP) is 3.17. The molecule has 2 rings (SSSR count). The van der Waals surface area contributed by atoms with Crippen molar-refractivity contribution in [3.05, 3.63) is 64.2 Å². The van der Waals surface area contributed by atoms with Crippen LogP contribution in [0.3, 0.4) is 0 Å². The number of sulfonamides is 1. The molecule has 0 saturated carbocycles. The summed E-state index contributed by atoms with van der Waals surface area (Å²) in [7, 11) is -4.09. The Morgan fingerprint density at radius 1 is 1.15 bits per heavy atom. The second kappa shape index (κ2) is 8.63. The van der Waals surface area contributed by atoms with E-state index in [1.807, 2.05) is 13.8 Å². The van der Waals surface area contributed by atoms with Crippen molar-refractivity contribution in [2.75, 3.05) is 11.3 Å². The van der Waals surface area contributed by atoms with Gasteiger partial charge in [-0.1, -0.05) is 32.0 Å². The number of carbonyl (C=O) groups excluding carboxylic acids is 1. The number of nitrogens with zero attached hydrogens (tertiary/aromatic N) is 1. The van der Waals surface area contributed by atoms with Crippen LogP contribution in [0.5, 0.6) is 0 Å². The van der Waals surface area contributed by atoms with E-state index in [0.29, 0.717) is 12.5 Å². The Balaban J connectivity index is 2.25. The van der Waals surface area contributed by atoms with Gasteiger partial charge < -0.3 is 5.32 Å². The highest BCUT2D eigenvalue weighted by Crippen LogP contribution is 2.22. The Kier molecular flexibility index (Phi) is 6.51. The number of anilines is 1. The van der Waals surface area contributed by atoms with E-state index in [9.17, 15) is 23.3 Å². The maximum absolute atomic E-state index is 12.6. The van der Waals surface area contributed by atoms with Crippen molar-refractivity contribution in [1.29, 1.82) is 0 Å². The monoisotopic (exact) mass is 391 g/mol. The Bertz CT molecular complexity index is 942. The van der Waals surface area contributed by atoms with Crippen LogP contribution in [0.2, 0.25) is 0 Å². The lowest BCUT2D eigenvalue weighted by Gasteiger charge is -2.13. The standard InChI is InChI=1S/C18H21N3O5S/c1-13(2)10-11-19-18(22)16-8-3-4-9-17(16)20-27(25,26)15-7-5-6-14(12-15)21(23)24/h3-9,12-13,20H,10-11H2,1-2H3,(H,19,22). The van der Waals surface area contributed by atoms with Crippen molar-refractivity contribution in [2.24, 2.45) is 5.92 Å². The van der Waals surface area contributed by atoms with Crippen LogP contribution in [0.4, 0.5) is 11.4 Å². The molecule has 2 aromatic carbocycles. The van der Waals surface area contributed by atoms with E-state index in [1.54, 1.807) is 12.1 Å². The SMILES string of the molecule is CC(C)CCNC(=O)c1ccccc1NS(=O)(=O)c1cccc([N+](=O)[O-])c1. The van der Waals surface area contributed by atoms with Gasteiger partial charge in [-0.05, 0) is 30.5 Å². The van der Waals surface area contributed by atoms with E-state index in [-0.39, 0.29) is 21.8 Å². The molecule has 0 radical (unpaired) electrons. The summed E-state index contributed by atoms with van der Waals surface area (Å²) in [5.41, 5.74) is -0.0566. The molecule has 0 saturated heterocycles. The Hall–Kier alpha value is -2.94. The van der Waals surface area contributed by atoms with Crippen molar-refractivity contribution in [2.45, 2.75) is 25.2 Å². The second-order valence-corrected chi connectivity index (χ2v) is 8.03. The fraction of sp³-hybridized carbons (Fsp3) is 0.278. The molecular formula is C18H21N3O5S. The molecule has 9 heteroatoms. The van der Waals surface area contributed by atoms with Crippen LogP contribution in [0.25, 0.3) is 0 Å². The summed E-state index contributed by atoms with van der Waals surface area (Å²) >= 11 is 0. The fourth-order valence-corrected chi connectivity index (χ4v) is 3.43. The summed E-state index contributed by atoms with van der Waals surface area (Å²) in [5.74, 6) is 0.0286. The zero-order valence-electron chi connectivity index (χ0n) is 15.0. The zero-order valence-corrected chi connectivity index (χ0v) is 15.8. The molecule has 1 amide bonds. The summed E-state index contributed by atoms with van der Waals surface area (Å²) in [6, 6.07) is 10.9. The third kappa shape index (κ3) is 5.52. The van der Waals surface area contributed by atoms with Crippen LogP contribution in [-0.4, -0.2) is 25.8 Å². The van der Waals surface area contributed by atoms with Gasteiger partial charge in [0, 0.05) is 18.7 Å². The highest BCUT2D eigenvalue weighted by molar-refractivity contribution is 7.92. The van der Waals surface area contributed by atoms with E-state index < -0.39 is 20.9 Å². The minimum absolute atomic E-state index is 0.103. The summed E-state index contributed by atoms with van der Waals surface area (Å²) in [6.45, 7) is 4.54. The summed E-state index contributed by atoms with van der Waals surface area (Å²) < 4.78 is 27.5. The topological polar surface area (TPSA) is 118 Å². The first kappa shape index (κ1) is 20.4. The van der Waals surface area contributed by atoms with Crippen molar-refractivity contribution in [3.8, 4) is 0 Å². The van der Waals surface area contributed by atoms with Gasteiger partial charge in [0.05, 0.1) is 21.1 Å². The molecule has 144 valence electrons. The lowest BCUT2D eigenvalue weighted by atomic mass is 10.1. The van der Waals surface area contributed by atoms with Crippen molar-refractivity contribution in [1.82, 2.24) is 5.32 Å². The molecule has 0 aliphatic heterocycles. The Morgan fingerprint density at radius 2 is 1.85 bits per heavy atom. The first-order valence-electron chi connectivity index (χ1n) is 8.35. The second-order valence-electron chi connectivity index (χ2n) is 6.34. The van der Waals surface area contributed by atoms with Crippen LogP contribution in [0.1, 0.15) is 30.6 Å². The van der Waals surface area contributed by atoms with Gasteiger partial charge in [0.2, 0.25) is 0 Å². The average Bonchev–Trinajstić information content (AvgIpc) is 2.61. The highest BCUT2D eigenvalue weighted by Gasteiger charge is 2.20. The molecule has 0 bridgehead atoms. The number of para-hydroxylation sites is 1. The number of nitrogens with one attached hydrogen (secondary N) is 2. The van der Waals surface area contributed by atoms with Crippen LogP contribution in [0, 0.1) is 16.0 Å². The molecule has 0 spiro atoms. The molecule has 0 heterocycles. The minimum atomic E-state index is -4.09. The largest absolute Gasteiger partial charge is 0.352 e. The molecule has 0 fully saturated rings. The van der Waals surface area contributed by atoms with Crippen molar-refractivity contribution < 1.29 is 18.1 Å². The molecule has 0 unspecified atom stereocenters. The molecule has 8 nitrogen and oxygen atoms in total. The zero-order chi connectivity index (χ0) is 20.0. The van der Waals surface area contributed by atoms with Crippen LogP contribution < -0.4 is 10.0 Å². The number of hydrogen-bond acceptors (Lipinski definition) is 5. The summed E-state index contributed by atoms with van der Waals surface area (Å²) in [6.07, 6.45) is 0.799. The van der Waals surface area contributed by atoms with Crippen molar-refractivity contribution in [3.63, 3.8) is 0 Å². The van der Waals surface area contributed by atoms with E-state index in [0.717, 1.165) is 12.5 Å². The number of rotatable bonds is 8. The third-order valence-corrected chi connectivity index (χ3v) is 5.13. The summed E-state index contributed by atoms with van der Waals surface area (Å²) in [5, 5.41) is 13.6. The molecule has 0 aromatic heterocycles. The number of benzene rings is 2. The van der Waals surface area contributed by atoms with Gasteiger partial charge in [0.15, 0.2) is 0 Å².